The number of allylic oxidation sites excluding steroid dienone is 12. The molecule has 0 amide bonds. The van der Waals surface area contributed by atoms with Crippen molar-refractivity contribution in [1.29, 1.82) is 0 Å². The molecule has 0 aliphatic heterocycles. The van der Waals surface area contributed by atoms with Crippen molar-refractivity contribution in [3.05, 3.63) is 95.4 Å². The summed E-state index contributed by atoms with van der Waals surface area (Å²) in [5, 5.41) is 8.59. The van der Waals surface area contributed by atoms with Crippen molar-refractivity contribution in [2.24, 2.45) is 0 Å². The monoisotopic (exact) mass is 472 g/mol. The Kier molecular flexibility index (Phi) is 19.1. The second kappa shape index (κ2) is 20.9. The molecule has 1 unspecified atom stereocenters. The summed E-state index contributed by atoms with van der Waals surface area (Å²) in [4.78, 5) is 10.5. The molecule has 1 atom stereocenters. The number of ether oxygens (including phenoxy) is 2. The molecular formula is C27H34FO4P. The van der Waals surface area contributed by atoms with Gasteiger partial charge in [0.1, 0.15) is 12.4 Å². The van der Waals surface area contributed by atoms with Gasteiger partial charge in [-0.3, -0.25) is 4.79 Å². The van der Waals surface area contributed by atoms with Gasteiger partial charge in [-0.1, -0.05) is 54.4 Å². The van der Waals surface area contributed by atoms with Gasteiger partial charge in [0.2, 0.25) is 0 Å². The summed E-state index contributed by atoms with van der Waals surface area (Å²) in [6.45, 7) is 4.75. The molecule has 0 saturated carbocycles. The van der Waals surface area contributed by atoms with Gasteiger partial charge < -0.3 is 14.6 Å². The van der Waals surface area contributed by atoms with Crippen LogP contribution >= 0.6 is 9.24 Å². The van der Waals surface area contributed by atoms with E-state index in [9.17, 15) is 9.18 Å². The standard InChI is InChI=1S/C27H34FO4P/c1-4-6-7-8-13-19-31-21-18-26(28)25(22-33)23(3)15-12-14-20-32-24(5-2)16-10-9-11-17-27(29)30/h2,4,6-10,12,14-16,18,22H,11,13,17,19-21,33H2,1,3H3,(H,29,30)/b6-4-,8-7-,10-9-,14-12-,23-15+,24-16+,25-22-,26-18+. The van der Waals surface area contributed by atoms with Crippen LogP contribution in [0.1, 0.15) is 33.1 Å². The Morgan fingerprint density at radius 2 is 1.82 bits per heavy atom. The van der Waals surface area contributed by atoms with E-state index in [0.717, 1.165) is 12.0 Å². The lowest BCUT2D eigenvalue weighted by Crippen LogP contribution is -1.95. The molecule has 0 aromatic carbocycles. The molecule has 0 rings (SSSR count). The highest BCUT2D eigenvalue weighted by Gasteiger charge is 2.05. The van der Waals surface area contributed by atoms with Crippen molar-refractivity contribution in [1.82, 2.24) is 0 Å². The van der Waals surface area contributed by atoms with Gasteiger partial charge in [-0.2, -0.15) is 0 Å². The van der Waals surface area contributed by atoms with Crippen LogP contribution in [0.2, 0.25) is 0 Å². The first-order valence-corrected chi connectivity index (χ1v) is 11.3. The van der Waals surface area contributed by atoms with Gasteiger partial charge in [0, 0.05) is 12.0 Å². The maximum absolute atomic E-state index is 14.5. The Morgan fingerprint density at radius 1 is 1.09 bits per heavy atom. The Hall–Kier alpha value is -2.93. The van der Waals surface area contributed by atoms with Crippen LogP contribution < -0.4 is 0 Å². The van der Waals surface area contributed by atoms with Crippen LogP contribution in [-0.2, 0) is 14.3 Å². The topological polar surface area (TPSA) is 55.8 Å². The molecule has 33 heavy (non-hydrogen) atoms. The zero-order valence-corrected chi connectivity index (χ0v) is 20.5. The number of carbonyl (C=O) groups is 1. The maximum Gasteiger partial charge on any atom is 0.303 e. The predicted octanol–water partition coefficient (Wildman–Crippen LogP) is 6.60. The summed E-state index contributed by atoms with van der Waals surface area (Å²) in [7, 11) is 2.42. The number of aliphatic carboxylic acids is 1. The molecule has 0 aliphatic rings. The van der Waals surface area contributed by atoms with Crippen molar-refractivity contribution < 1.29 is 23.8 Å². The van der Waals surface area contributed by atoms with Gasteiger partial charge in [0.15, 0.2) is 5.76 Å². The van der Waals surface area contributed by atoms with Crippen molar-refractivity contribution in [2.45, 2.75) is 33.1 Å². The minimum absolute atomic E-state index is 0.0647. The van der Waals surface area contributed by atoms with Crippen LogP contribution in [0.15, 0.2) is 95.4 Å². The smallest absolute Gasteiger partial charge is 0.303 e. The zero-order chi connectivity index (χ0) is 24.7. The van der Waals surface area contributed by atoms with Gasteiger partial charge in [-0.05, 0) is 56.4 Å². The van der Waals surface area contributed by atoms with Crippen molar-refractivity contribution in [2.75, 3.05) is 19.8 Å². The van der Waals surface area contributed by atoms with Crippen LogP contribution in [0.4, 0.5) is 4.39 Å². The normalized spacial score (nSPS) is 14.2. The van der Waals surface area contributed by atoms with E-state index in [1.54, 1.807) is 42.3 Å². The first-order chi connectivity index (χ1) is 16.0. The third-order valence-electron chi connectivity index (χ3n) is 3.97. The molecule has 0 aromatic rings. The molecule has 0 aromatic heterocycles. The van der Waals surface area contributed by atoms with Gasteiger partial charge in [-0.25, -0.2) is 4.39 Å². The fourth-order valence-corrected chi connectivity index (χ4v) is 2.68. The number of halogens is 1. The van der Waals surface area contributed by atoms with E-state index in [1.807, 2.05) is 38.2 Å². The summed E-state index contributed by atoms with van der Waals surface area (Å²) in [6, 6.07) is 0. The average Bonchev–Trinajstić information content (AvgIpc) is 2.79. The number of carboxylic acid groups (broad SMARTS) is 1. The van der Waals surface area contributed by atoms with Crippen LogP contribution in [0, 0.1) is 12.3 Å². The highest BCUT2D eigenvalue weighted by atomic mass is 31.0. The number of terminal acetylenes is 1. The van der Waals surface area contributed by atoms with Gasteiger partial charge >= 0.3 is 5.97 Å². The molecule has 0 saturated heterocycles. The van der Waals surface area contributed by atoms with Gasteiger partial charge in [0.05, 0.1) is 13.2 Å². The van der Waals surface area contributed by atoms with E-state index in [0.29, 0.717) is 24.4 Å². The predicted molar refractivity (Wildman–Crippen MR) is 138 cm³/mol. The summed E-state index contributed by atoms with van der Waals surface area (Å²) in [5.41, 5.74) is 1.22. The van der Waals surface area contributed by atoms with E-state index >= 15 is 0 Å². The van der Waals surface area contributed by atoms with Gasteiger partial charge in [-0.15, -0.1) is 15.7 Å². The molecule has 4 nitrogen and oxygen atoms in total. The minimum Gasteiger partial charge on any atom is -0.481 e. The first kappa shape index (κ1) is 30.1. The van der Waals surface area contributed by atoms with Crippen molar-refractivity contribution >= 4 is 15.2 Å². The molecule has 0 aliphatic carbocycles. The largest absolute Gasteiger partial charge is 0.481 e. The lowest BCUT2D eigenvalue weighted by atomic mass is 10.1. The van der Waals surface area contributed by atoms with Crippen LogP contribution in [-0.4, -0.2) is 30.9 Å². The molecule has 0 fully saturated rings. The Labute approximate surface area is 199 Å². The van der Waals surface area contributed by atoms with Crippen molar-refractivity contribution in [3.8, 4) is 12.3 Å². The fraction of sp³-hybridized carbons (Fsp3) is 0.296. The lowest BCUT2D eigenvalue weighted by molar-refractivity contribution is -0.136. The highest BCUT2D eigenvalue weighted by molar-refractivity contribution is 7.20. The zero-order valence-electron chi connectivity index (χ0n) is 19.4. The average molecular weight is 473 g/mol. The molecule has 0 heterocycles. The van der Waals surface area contributed by atoms with Crippen molar-refractivity contribution in [3.63, 3.8) is 0 Å². The summed E-state index contributed by atoms with van der Waals surface area (Å²) >= 11 is 0. The number of hydrogen-bond donors (Lipinski definition) is 1. The molecule has 1 N–H and O–H groups in total. The maximum atomic E-state index is 14.5. The Balaban J connectivity index is 4.56. The summed E-state index contributed by atoms with van der Waals surface area (Å²) in [5.74, 6) is 3.20. The molecule has 6 heteroatoms. The molecule has 0 radical (unpaired) electrons. The van der Waals surface area contributed by atoms with Crippen LogP contribution in [0.5, 0.6) is 0 Å². The molecule has 0 bridgehead atoms. The molecular weight excluding hydrogens is 438 g/mol. The number of rotatable bonds is 16. The quantitative estimate of drug-likeness (QED) is 0.0905. The third-order valence-corrected chi connectivity index (χ3v) is 4.30. The Morgan fingerprint density at radius 3 is 2.48 bits per heavy atom. The van der Waals surface area contributed by atoms with Gasteiger partial charge in [0.25, 0.3) is 0 Å². The molecule has 0 spiro atoms. The fourth-order valence-electron chi connectivity index (χ4n) is 2.25. The van der Waals surface area contributed by atoms with E-state index in [-0.39, 0.29) is 25.5 Å². The second-order valence-electron chi connectivity index (χ2n) is 6.57. The number of hydrogen-bond acceptors (Lipinski definition) is 3. The Bertz CT molecular complexity index is 865. The highest BCUT2D eigenvalue weighted by Crippen LogP contribution is 2.22. The van der Waals surface area contributed by atoms with Crippen LogP contribution in [0.3, 0.4) is 0 Å². The summed E-state index contributed by atoms with van der Waals surface area (Å²) < 4.78 is 25.3. The summed E-state index contributed by atoms with van der Waals surface area (Å²) in [6.07, 6.45) is 26.2. The number of carboxylic acids is 1. The van der Waals surface area contributed by atoms with E-state index in [4.69, 9.17) is 21.0 Å². The van der Waals surface area contributed by atoms with E-state index in [2.05, 4.69) is 15.2 Å². The minimum atomic E-state index is -0.849. The van der Waals surface area contributed by atoms with E-state index < -0.39 is 5.97 Å². The lowest BCUT2D eigenvalue weighted by Gasteiger charge is -2.05. The SMILES string of the molecule is C#C/C(=C\C=C/CCC(=O)O)OC\C=C/C=C(C)/C(=C/P)C(/F)=C\COCC/C=C\C=C/C. The third kappa shape index (κ3) is 17.3. The molecule has 178 valence electrons. The first-order valence-electron chi connectivity index (χ1n) is 10.6. The van der Waals surface area contributed by atoms with Crippen LogP contribution in [0.25, 0.3) is 0 Å². The van der Waals surface area contributed by atoms with E-state index in [1.165, 1.54) is 6.08 Å². The second-order valence-corrected chi connectivity index (χ2v) is 6.91.